The molecule has 1 aromatic carbocycles. The van der Waals surface area contributed by atoms with E-state index < -0.39 is 0 Å². The molecule has 1 heteroatoms. The zero-order chi connectivity index (χ0) is 10.1. The van der Waals surface area contributed by atoms with Crippen molar-refractivity contribution in [2.45, 2.75) is 26.7 Å². The average molecular weight is 185 g/mol. The van der Waals surface area contributed by atoms with Crippen LogP contribution in [-0.2, 0) is 0 Å². The smallest absolute Gasteiger partial charge is 0.0736 e. The summed E-state index contributed by atoms with van der Waals surface area (Å²) < 4.78 is 0. The number of rotatable bonds is 1. The van der Waals surface area contributed by atoms with Crippen molar-refractivity contribution in [3.05, 3.63) is 41.6 Å². The minimum atomic E-state index is 0.535. The molecule has 1 heterocycles. The van der Waals surface area contributed by atoms with Gasteiger partial charge in [0.2, 0.25) is 0 Å². The van der Waals surface area contributed by atoms with Gasteiger partial charge in [-0.2, -0.15) is 0 Å². The Balaban J connectivity index is 2.80. The lowest BCUT2D eigenvalue weighted by atomic mass is 9.97. The van der Waals surface area contributed by atoms with E-state index in [1.807, 2.05) is 12.3 Å². The number of benzene rings is 1. The van der Waals surface area contributed by atoms with E-state index >= 15 is 0 Å². The van der Waals surface area contributed by atoms with Gasteiger partial charge in [-0.25, -0.2) is 0 Å². The second kappa shape index (κ2) is 3.41. The van der Waals surface area contributed by atoms with Crippen molar-refractivity contribution in [3.63, 3.8) is 0 Å². The second-order valence-corrected chi connectivity index (χ2v) is 4.08. The average Bonchev–Trinajstić information content (AvgIpc) is 2.16. The van der Waals surface area contributed by atoms with Gasteiger partial charge < -0.3 is 0 Å². The van der Waals surface area contributed by atoms with Crippen molar-refractivity contribution in [2.24, 2.45) is 0 Å². The van der Waals surface area contributed by atoms with Crippen molar-refractivity contribution in [1.82, 2.24) is 4.98 Å². The molecule has 0 aliphatic heterocycles. The zero-order valence-electron chi connectivity index (χ0n) is 8.91. The third-order valence-corrected chi connectivity index (χ3v) is 2.50. The number of aryl methyl sites for hydroxylation is 1. The first-order valence-corrected chi connectivity index (χ1v) is 5.04. The lowest BCUT2D eigenvalue weighted by Crippen LogP contribution is -1.92. The van der Waals surface area contributed by atoms with Gasteiger partial charge in [0.25, 0.3) is 0 Å². The van der Waals surface area contributed by atoms with Crippen LogP contribution >= 0.6 is 0 Å². The molecule has 14 heavy (non-hydrogen) atoms. The van der Waals surface area contributed by atoms with E-state index in [2.05, 4.69) is 44.0 Å². The van der Waals surface area contributed by atoms with Crippen LogP contribution in [0, 0.1) is 6.92 Å². The fourth-order valence-corrected chi connectivity index (χ4v) is 1.82. The highest BCUT2D eigenvalue weighted by atomic mass is 14.6. The fraction of sp³-hybridized carbons (Fsp3) is 0.308. The number of pyridine rings is 1. The molecule has 0 aliphatic rings. The molecule has 1 aromatic heterocycles. The Bertz CT molecular complexity index is 458. The summed E-state index contributed by atoms with van der Waals surface area (Å²) in [5.74, 6) is 0.535. The normalized spacial score (nSPS) is 11.1. The van der Waals surface area contributed by atoms with E-state index in [0.717, 1.165) is 5.52 Å². The van der Waals surface area contributed by atoms with E-state index in [9.17, 15) is 0 Å². The summed E-state index contributed by atoms with van der Waals surface area (Å²) in [6.07, 6.45) is 1.86. The summed E-state index contributed by atoms with van der Waals surface area (Å²) in [7, 11) is 0. The van der Waals surface area contributed by atoms with Gasteiger partial charge in [0, 0.05) is 11.6 Å². The van der Waals surface area contributed by atoms with Crippen LogP contribution in [0.1, 0.15) is 30.9 Å². The van der Waals surface area contributed by atoms with Crippen molar-refractivity contribution in [3.8, 4) is 0 Å². The molecule has 0 unspecified atom stereocenters. The van der Waals surface area contributed by atoms with Crippen LogP contribution in [0.2, 0.25) is 0 Å². The van der Waals surface area contributed by atoms with Crippen LogP contribution in [0.4, 0.5) is 0 Å². The van der Waals surface area contributed by atoms with Gasteiger partial charge in [0.15, 0.2) is 0 Å². The van der Waals surface area contributed by atoms with Crippen LogP contribution in [0.3, 0.4) is 0 Å². The Labute approximate surface area is 84.8 Å². The maximum absolute atomic E-state index is 4.44. The molecule has 1 nitrogen and oxygen atoms in total. The van der Waals surface area contributed by atoms with Crippen molar-refractivity contribution in [2.75, 3.05) is 0 Å². The first-order chi connectivity index (χ1) is 6.68. The molecular formula is C13H15N. The largest absolute Gasteiger partial charge is 0.256 e. The second-order valence-electron chi connectivity index (χ2n) is 4.08. The molecule has 0 radical (unpaired) electrons. The van der Waals surface area contributed by atoms with Gasteiger partial charge in [0.05, 0.1) is 5.52 Å². The first kappa shape index (κ1) is 9.20. The van der Waals surface area contributed by atoms with Gasteiger partial charge in [0.1, 0.15) is 0 Å². The van der Waals surface area contributed by atoms with Gasteiger partial charge in [-0.15, -0.1) is 0 Å². The highest BCUT2D eigenvalue weighted by Crippen LogP contribution is 2.24. The maximum Gasteiger partial charge on any atom is 0.0736 e. The van der Waals surface area contributed by atoms with E-state index in [4.69, 9.17) is 0 Å². The number of hydrogen-bond acceptors (Lipinski definition) is 1. The molecule has 0 atom stereocenters. The Kier molecular flexibility index (Phi) is 2.24. The maximum atomic E-state index is 4.44. The van der Waals surface area contributed by atoms with Crippen LogP contribution in [0.25, 0.3) is 10.9 Å². The lowest BCUT2D eigenvalue weighted by molar-refractivity contribution is 0.871. The molecule has 0 amide bonds. The van der Waals surface area contributed by atoms with E-state index in [0.29, 0.717) is 5.92 Å². The third-order valence-electron chi connectivity index (χ3n) is 2.50. The molecule has 2 aromatic rings. The van der Waals surface area contributed by atoms with E-state index in [1.165, 1.54) is 16.5 Å². The third kappa shape index (κ3) is 1.50. The first-order valence-electron chi connectivity index (χ1n) is 5.04. The van der Waals surface area contributed by atoms with E-state index in [1.54, 1.807) is 0 Å². The van der Waals surface area contributed by atoms with Gasteiger partial charge in [-0.3, -0.25) is 4.98 Å². The molecule has 0 spiro atoms. The standard InChI is InChI=1S/C13H15N/c1-9(2)12-8-10(3)7-11-5-4-6-14-13(11)12/h4-9H,1-3H3. The van der Waals surface area contributed by atoms with Crippen LogP contribution in [-0.4, -0.2) is 4.98 Å². The van der Waals surface area contributed by atoms with Gasteiger partial charge in [-0.1, -0.05) is 31.5 Å². The summed E-state index contributed by atoms with van der Waals surface area (Å²) in [4.78, 5) is 4.44. The summed E-state index contributed by atoms with van der Waals surface area (Å²) in [6, 6.07) is 8.54. The van der Waals surface area contributed by atoms with Crippen LogP contribution < -0.4 is 0 Å². The van der Waals surface area contributed by atoms with E-state index in [-0.39, 0.29) is 0 Å². The fourth-order valence-electron chi connectivity index (χ4n) is 1.82. The predicted molar refractivity (Wildman–Crippen MR) is 60.6 cm³/mol. The number of nitrogens with zero attached hydrogens (tertiary/aromatic N) is 1. The summed E-state index contributed by atoms with van der Waals surface area (Å²) in [6.45, 7) is 6.56. The van der Waals surface area contributed by atoms with Crippen molar-refractivity contribution < 1.29 is 0 Å². The SMILES string of the molecule is Cc1cc(C(C)C)c2ncccc2c1. The summed E-state index contributed by atoms with van der Waals surface area (Å²) >= 11 is 0. The Hall–Kier alpha value is -1.37. The minimum absolute atomic E-state index is 0.535. The molecule has 2 rings (SSSR count). The molecule has 0 N–H and O–H groups in total. The van der Waals surface area contributed by atoms with Crippen LogP contribution in [0.5, 0.6) is 0 Å². The summed E-state index contributed by atoms with van der Waals surface area (Å²) in [5.41, 5.74) is 3.81. The molecule has 0 aliphatic carbocycles. The predicted octanol–water partition coefficient (Wildman–Crippen LogP) is 3.67. The topological polar surface area (TPSA) is 12.9 Å². The summed E-state index contributed by atoms with van der Waals surface area (Å²) in [5, 5.41) is 1.25. The molecular weight excluding hydrogens is 170 g/mol. The molecule has 0 saturated heterocycles. The highest BCUT2D eigenvalue weighted by molar-refractivity contribution is 5.82. The Morgan fingerprint density at radius 2 is 2.00 bits per heavy atom. The van der Waals surface area contributed by atoms with Crippen LogP contribution in [0.15, 0.2) is 30.5 Å². The quantitative estimate of drug-likeness (QED) is 0.660. The molecule has 0 fully saturated rings. The van der Waals surface area contributed by atoms with Crippen molar-refractivity contribution >= 4 is 10.9 Å². The van der Waals surface area contributed by atoms with Gasteiger partial charge in [-0.05, 0) is 30.5 Å². The van der Waals surface area contributed by atoms with Crippen molar-refractivity contribution in [1.29, 1.82) is 0 Å². The Morgan fingerprint density at radius 1 is 1.21 bits per heavy atom. The Morgan fingerprint density at radius 3 is 2.71 bits per heavy atom. The minimum Gasteiger partial charge on any atom is -0.256 e. The molecule has 0 saturated carbocycles. The number of aromatic nitrogens is 1. The number of fused-ring (bicyclic) bond motifs is 1. The highest BCUT2D eigenvalue weighted by Gasteiger charge is 2.06. The lowest BCUT2D eigenvalue weighted by Gasteiger charge is -2.10. The molecule has 72 valence electrons. The number of hydrogen-bond donors (Lipinski definition) is 0. The molecule has 0 bridgehead atoms. The monoisotopic (exact) mass is 185 g/mol. The zero-order valence-corrected chi connectivity index (χ0v) is 8.91. The van der Waals surface area contributed by atoms with Gasteiger partial charge >= 0.3 is 0 Å².